The van der Waals surface area contributed by atoms with E-state index in [9.17, 15) is 18.3 Å². The lowest BCUT2D eigenvalue weighted by Gasteiger charge is -2.15. The molecule has 0 spiro atoms. The van der Waals surface area contributed by atoms with Crippen LogP contribution in [0.2, 0.25) is 0 Å². The number of aliphatic hydroxyl groups excluding tert-OH is 1. The first-order valence-corrected chi connectivity index (χ1v) is 5.39. The van der Waals surface area contributed by atoms with E-state index in [-0.39, 0.29) is 5.75 Å². The molecule has 18 heavy (non-hydrogen) atoms. The minimum absolute atomic E-state index is 0.202. The SMILES string of the molecule is COc1ccc(C(C)O)c(OCCC(F)(F)F)c1. The van der Waals surface area contributed by atoms with Crippen molar-refractivity contribution in [1.29, 1.82) is 0 Å². The van der Waals surface area contributed by atoms with Gasteiger partial charge in [-0.25, -0.2) is 0 Å². The number of rotatable bonds is 5. The quantitative estimate of drug-likeness (QED) is 0.888. The highest BCUT2D eigenvalue weighted by molar-refractivity contribution is 5.41. The summed E-state index contributed by atoms with van der Waals surface area (Å²) >= 11 is 0. The lowest BCUT2D eigenvalue weighted by atomic mass is 10.1. The maximum absolute atomic E-state index is 12.0. The Morgan fingerprint density at radius 2 is 2.00 bits per heavy atom. The van der Waals surface area contributed by atoms with Crippen LogP contribution in [0.5, 0.6) is 11.5 Å². The molecule has 0 aliphatic carbocycles. The van der Waals surface area contributed by atoms with Gasteiger partial charge in [0.05, 0.1) is 26.2 Å². The summed E-state index contributed by atoms with van der Waals surface area (Å²) in [5.41, 5.74) is 0.429. The zero-order chi connectivity index (χ0) is 13.8. The molecule has 1 unspecified atom stereocenters. The van der Waals surface area contributed by atoms with E-state index in [2.05, 4.69) is 0 Å². The maximum atomic E-state index is 12.0. The Hall–Kier alpha value is -1.43. The van der Waals surface area contributed by atoms with E-state index in [1.807, 2.05) is 0 Å². The van der Waals surface area contributed by atoms with Crippen molar-refractivity contribution in [3.63, 3.8) is 0 Å². The highest BCUT2D eigenvalue weighted by Gasteiger charge is 2.27. The lowest BCUT2D eigenvalue weighted by molar-refractivity contribution is -0.139. The highest BCUT2D eigenvalue weighted by Crippen LogP contribution is 2.30. The summed E-state index contributed by atoms with van der Waals surface area (Å²) in [6, 6.07) is 4.63. The average Bonchev–Trinajstić information content (AvgIpc) is 2.26. The molecule has 1 rings (SSSR count). The maximum Gasteiger partial charge on any atom is 0.392 e. The molecule has 0 saturated heterocycles. The van der Waals surface area contributed by atoms with Crippen LogP contribution >= 0.6 is 0 Å². The minimum Gasteiger partial charge on any atom is -0.497 e. The van der Waals surface area contributed by atoms with E-state index in [0.29, 0.717) is 11.3 Å². The smallest absolute Gasteiger partial charge is 0.392 e. The second kappa shape index (κ2) is 5.95. The number of ether oxygens (including phenoxy) is 2. The zero-order valence-electron chi connectivity index (χ0n) is 10.1. The van der Waals surface area contributed by atoms with Gasteiger partial charge in [0.25, 0.3) is 0 Å². The Morgan fingerprint density at radius 1 is 1.33 bits per heavy atom. The topological polar surface area (TPSA) is 38.7 Å². The first kappa shape index (κ1) is 14.6. The molecule has 0 aromatic heterocycles. The summed E-state index contributed by atoms with van der Waals surface area (Å²) in [7, 11) is 1.44. The molecule has 1 aromatic rings. The van der Waals surface area contributed by atoms with Crippen LogP contribution in [0.3, 0.4) is 0 Å². The fourth-order valence-corrected chi connectivity index (χ4v) is 1.39. The van der Waals surface area contributed by atoms with Crippen molar-refractivity contribution in [3.8, 4) is 11.5 Å². The van der Waals surface area contributed by atoms with Crippen molar-refractivity contribution in [3.05, 3.63) is 23.8 Å². The van der Waals surface area contributed by atoms with Gasteiger partial charge in [-0.1, -0.05) is 0 Å². The van der Waals surface area contributed by atoms with Gasteiger partial charge in [0, 0.05) is 11.6 Å². The standard InChI is InChI=1S/C12H15F3O3/c1-8(16)10-4-3-9(17-2)7-11(10)18-6-5-12(13,14)15/h3-4,7-8,16H,5-6H2,1-2H3. The van der Waals surface area contributed by atoms with E-state index < -0.39 is 25.3 Å². The molecule has 0 aliphatic heterocycles. The Labute approximate surface area is 103 Å². The monoisotopic (exact) mass is 264 g/mol. The van der Waals surface area contributed by atoms with Crippen molar-refractivity contribution in [1.82, 2.24) is 0 Å². The fourth-order valence-electron chi connectivity index (χ4n) is 1.39. The molecule has 0 radical (unpaired) electrons. The first-order valence-electron chi connectivity index (χ1n) is 5.39. The normalized spacial score (nSPS) is 13.2. The van der Waals surface area contributed by atoms with Crippen LogP contribution in [-0.2, 0) is 0 Å². The van der Waals surface area contributed by atoms with Crippen LogP contribution in [0.15, 0.2) is 18.2 Å². The molecule has 0 aliphatic rings. The van der Waals surface area contributed by atoms with Crippen LogP contribution < -0.4 is 9.47 Å². The zero-order valence-corrected chi connectivity index (χ0v) is 10.1. The fraction of sp³-hybridized carbons (Fsp3) is 0.500. The van der Waals surface area contributed by atoms with Gasteiger partial charge in [0.1, 0.15) is 11.5 Å². The highest BCUT2D eigenvalue weighted by atomic mass is 19.4. The Bertz CT molecular complexity index is 389. The molecule has 0 amide bonds. The van der Waals surface area contributed by atoms with Gasteiger partial charge in [0.2, 0.25) is 0 Å². The van der Waals surface area contributed by atoms with Crippen LogP contribution in [-0.4, -0.2) is 25.0 Å². The molecular weight excluding hydrogens is 249 g/mol. The van der Waals surface area contributed by atoms with E-state index in [0.717, 1.165) is 0 Å². The van der Waals surface area contributed by atoms with Gasteiger partial charge in [-0.2, -0.15) is 13.2 Å². The van der Waals surface area contributed by atoms with Crippen molar-refractivity contribution in [2.75, 3.05) is 13.7 Å². The van der Waals surface area contributed by atoms with Gasteiger partial charge in [-0.15, -0.1) is 0 Å². The number of alkyl halides is 3. The molecule has 6 heteroatoms. The summed E-state index contributed by atoms with van der Waals surface area (Å²) in [6.45, 7) is 1.02. The number of aliphatic hydroxyl groups is 1. The minimum atomic E-state index is -4.26. The number of halogens is 3. The Morgan fingerprint density at radius 3 is 2.50 bits per heavy atom. The largest absolute Gasteiger partial charge is 0.497 e. The third-order valence-corrected chi connectivity index (χ3v) is 2.31. The molecule has 0 heterocycles. The second-order valence-corrected chi connectivity index (χ2v) is 3.79. The first-order chi connectivity index (χ1) is 8.33. The number of hydrogen-bond acceptors (Lipinski definition) is 3. The van der Waals surface area contributed by atoms with Gasteiger partial charge in [-0.05, 0) is 19.1 Å². The van der Waals surface area contributed by atoms with Gasteiger partial charge >= 0.3 is 6.18 Å². The lowest BCUT2D eigenvalue weighted by Crippen LogP contribution is -2.13. The van der Waals surface area contributed by atoms with Gasteiger partial charge in [-0.3, -0.25) is 0 Å². The summed E-state index contributed by atoms with van der Waals surface area (Å²) in [5.74, 6) is 0.662. The second-order valence-electron chi connectivity index (χ2n) is 3.79. The van der Waals surface area contributed by atoms with Gasteiger partial charge < -0.3 is 14.6 Å². The predicted molar refractivity (Wildman–Crippen MR) is 59.8 cm³/mol. The molecule has 0 fully saturated rings. The molecule has 1 N–H and O–H groups in total. The van der Waals surface area contributed by atoms with Crippen molar-refractivity contribution >= 4 is 0 Å². The van der Waals surface area contributed by atoms with Crippen molar-refractivity contribution in [2.24, 2.45) is 0 Å². The molecule has 0 saturated carbocycles. The molecular formula is C12H15F3O3. The Balaban J connectivity index is 2.78. The summed E-state index contributed by atoms with van der Waals surface area (Å²) in [6.07, 6.45) is -6.12. The molecule has 3 nitrogen and oxygen atoms in total. The van der Waals surface area contributed by atoms with Gasteiger partial charge in [0.15, 0.2) is 0 Å². The van der Waals surface area contributed by atoms with Crippen molar-refractivity contribution < 1.29 is 27.8 Å². The van der Waals surface area contributed by atoms with E-state index in [4.69, 9.17) is 9.47 Å². The summed E-state index contributed by atoms with van der Waals surface area (Å²) in [4.78, 5) is 0. The van der Waals surface area contributed by atoms with Crippen molar-refractivity contribution in [2.45, 2.75) is 25.6 Å². The summed E-state index contributed by atoms with van der Waals surface area (Å²) < 4.78 is 46.0. The third kappa shape index (κ3) is 4.44. The predicted octanol–water partition coefficient (Wildman–Crippen LogP) is 3.08. The number of methoxy groups -OCH3 is 1. The van der Waals surface area contributed by atoms with Crippen LogP contribution in [0, 0.1) is 0 Å². The van der Waals surface area contributed by atoms with Crippen LogP contribution in [0.4, 0.5) is 13.2 Å². The molecule has 1 atom stereocenters. The summed E-state index contributed by atoms with van der Waals surface area (Å²) in [5, 5.41) is 9.48. The van der Waals surface area contributed by atoms with E-state index in [1.165, 1.54) is 20.1 Å². The number of hydrogen-bond donors (Lipinski definition) is 1. The van der Waals surface area contributed by atoms with E-state index in [1.54, 1.807) is 12.1 Å². The van der Waals surface area contributed by atoms with Crippen LogP contribution in [0.1, 0.15) is 25.0 Å². The molecule has 0 bridgehead atoms. The van der Waals surface area contributed by atoms with Crippen LogP contribution in [0.25, 0.3) is 0 Å². The number of benzene rings is 1. The molecule has 102 valence electrons. The average molecular weight is 264 g/mol. The molecule has 1 aromatic carbocycles. The van der Waals surface area contributed by atoms with E-state index >= 15 is 0 Å². The third-order valence-electron chi connectivity index (χ3n) is 2.31. The Kier molecular flexibility index (Phi) is 4.84.